The van der Waals surface area contributed by atoms with Gasteiger partial charge in [-0.05, 0) is 6.08 Å². The van der Waals surface area contributed by atoms with Crippen LogP contribution >= 0.6 is 0 Å². The van der Waals surface area contributed by atoms with Gasteiger partial charge < -0.3 is 0 Å². The molecule has 31 valence electrons. The molecule has 1 radical (unpaired) electrons. The fourth-order valence-corrected chi connectivity index (χ4v) is 0.107. The molecule has 0 aliphatic rings. The Labute approximate surface area is 37.0 Å². The predicted molar refractivity (Wildman–Crippen MR) is 25.0 cm³/mol. The summed E-state index contributed by atoms with van der Waals surface area (Å²) in [7, 11) is 0. The van der Waals surface area contributed by atoms with Crippen molar-refractivity contribution in [2.45, 2.75) is 0 Å². The van der Waals surface area contributed by atoms with Crippen molar-refractivity contribution in [2.24, 2.45) is 0 Å². The van der Waals surface area contributed by atoms with E-state index >= 15 is 0 Å². The molecule has 0 saturated carbocycles. The third kappa shape index (κ3) is 3.15. The Morgan fingerprint density at radius 2 is 2.33 bits per heavy atom. The second-order valence-corrected chi connectivity index (χ2v) is 0.713. The lowest BCUT2D eigenvalue weighted by atomic mass is 10.5. The molecule has 0 atom stereocenters. The number of hydrogen-bond donors (Lipinski definition) is 0. The first kappa shape index (κ1) is 5.15. The normalized spacial score (nSPS) is 8.67. The molecule has 0 aromatic rings. The maximum absolute atomic E-state index is 9.30. The third-order valence-electron chi connectivity index (χ3n) is 0.300. The maximum Gasteiger partial charge on any atom is 0.225 e. The lowest BCUT2D eigenvalue weighted by Crippen LogP contribution is -1.51. The van der Waals surface area contributed by atoms with Gasteiger partial charge in [0.2, 0.25) is 6.29 Å². The number of rotatable bonds is 2. The van der Waals surface area contributed by atoms with E-state index in [9.17, 15) is 4.79 Å². The fourth-order valence-electron chi connectivity index (χ4n) is 0.107. The van der Waals surface area contributed by atoms with E-state index in [0.717, 1.165) is 0 Å². The van der Waals surface area contributed by atoms with Crippen molar-refractivity contribution in [3.05, 3.63) is 24.8 Å². The summed E-state index contributed by atoms with van der Waals surface area (Å²) in [4.78, 5) is 9.30. The lowest BCUT2D eigenvalue weighted by Gasteiger charge is -1.55. The average molecular weight is 81.1 g/mol. The first-order valence-corrected chi connectivity index (χ1v) is 1.57. The van der Waals surface area contributed by atoms with Crippen molar-refractivity contribution in [3.8, 4) is 0 Å². The standard InChI is InChI=1S/C5H5O/c1-2-3-4-5-6/h2-4H,1H2/b4-3+. The molecule has 0 bridgehead atoms. The van der Waals surface area contributed by atoms with E-state index in [2.05, 4.69) is 6.58 Å². The number of allylic oxidation sites excluding steroid dienone is 3. The van der Waals surface area contributed by atoms with Gasteiger partial charge in [0.15, 0.2) is 0 Å². The van der Waals surface area contributed by atoms with Crippen molar-refractivity contribution < 1.29 is 4.79 Å². The molecule has 0 unspecified atom stereocenters. The molecular weight excluding hydrogens is 76.1 g/mol. The van der Waals surface area contributed by atoms with E-state index in [-0.39, 0.29) is 0 Å². The van der Waals surface area contributed by atoms with Gasteiger partial charge in [-0.25, -0.2) is 0 Å². The molecule has 0 aliphatic carbocycles. The minimum Gasteiger partial charge on any atom is -0.286 e. The smallest absolute Gasteiger partial charge is 0.225 e. The number of hydrogen-bond acceptors (Lipinski definition) is 1. The van der Waals surface area contributed by atoms with Crippen LogP contribution in [0.25, 0.3) is 0 Å². The van der Waals surface area contributed by atoms with Crippen LogP contribution in [0.5, 0.6) is 0 Å². The van der Waals surface area contributed by atoms with Crippen LogP contribution in [0, 0.1) is 0 Å². The predicted octanol–water partition coefficient (Wildman–Crippen LogP) is 0.838. The van der Waals surface area contributed by atoms with Crippen LogP contribution in [0.4, 0.5) is 0 Å². The van der Waals surface area contributed by atoms with Crippen LogP contribution in [0.2, 0.25) is 0 Å². The van der Waals surface area contributed by atoms with Gasteiger partial charge in [-0.15, -0.1) is 0 Å². The van der Waals surface area contributed by atoms with Gasteiger partial charge in [-0.2, -0.15) is 0 Å². The van der Waals surface area contributed by atoms with Gasteiger partial charge in [0.1, 0.15) is 0 Å². The zero-order valence-corrected chi connectivity index (χ0v) is 3.35. The minimum absolute atomic E-state index is 1.26. The summed E-state index contributed by atoms with van der Waals surface area (Å²) in [5.74, 6) is 0. The first-order chi connectivity index (χ1) is 2.91. The SMILES string of the molecule is C=C/C=C/[C]=O. The van der Waals surface area contributed by atoms with Gasteiger partial charge >= 0.3 is 0 Å². The van der Waals surface area contributed by atoms with Crippen LogP contribution in [0.15, 0.2) is 24.8 Å². The summed E-state index contributed by atoms with van der Waals surface area (Å²) in [6.07, 6.45) is 5.86. The molecule has 1 nitrogen and oxygen atoms in total. The fraction of sp³-hybridized carbons (Fsp3) is 0. The number of carbonyl (C=O) groups excluding carboxylic acids is 1. The van der Waals surface area contributed by atoms with Crippen LogP contribution in [-0.2, 0) is 4.79 Å². The van der Waals surface area contributed by atoms with Gasteiger partial charge in [0.25, 0.3) is 0 Å². The van der Waals surface area contributed by atoms with Crippen molar-refractivity contribution in [2.75, 3.05) is 0 Å². The van der Waals surface area contributed by atoms with E-state index in [1.807, 2.05) is 0 Å². The highest BCUT2D eigenvalue weighted by atomic mass is 16.1. The van der Waals surface area contributed by atoms with Crippen LogP contribution in [0.1, 0.15) is 0 Å². The maximum atomic E-state index is 9.30. The summed E-state index contributed by atoms with van der Waals surface area (Å²) in [6, 6.07) is 0. The molecule has 0 saturated heterocycles. The summed E-state index contributed by atoms with van der Waals surface area (Å²) < 4.78 is 0. The lowest BCUT2D eigenvalue weighted by molar-refractivity contribution is 0.564. The molecule has 0 aromatic heterocycles. The topological polar surface area (TPSA) is 17.1 Å². The zero-order valence-electron chi connectivity index (χ0n) is 3.35. The van der Waals surface area contributed by atoms with E-state index < -0.39 is 0 Å². The van der Waals surface area contributed by atoms with E-state index in [4.69, 9.17) is 0 Å². The largest absolute Gasteiger partial charge is 0.286 e. The van der Waals surface area contributed by atoms with Crippen LogP contribution in [0.3, 0.4) is 0 Å². The molecule has 0 aliphatic heterocycles. The highest BCUT2D eigenvalue weighted by Gasteiger charge is 1.55. The molecule has 1 heteroatoms. The molecule has 6 heavy (non-hydrogen) atoms. The third-order valence-corrected chi connectivity index (χ3v) is 0.300. The summed E-state index contributed by atoms with van der Waals surface area (Å²) in [5, 5.41) is 0. The molecule has 0 aromatic carbocycles. The summed E-state index contributed by atoms with van der Waals surface area (Å²) in [6.45, 7) is 3.33. The molecule has 0 N–H and O–H groups in total. The van der Waals surface area contributed by atoms with Crippen LogP contribution < -0.4 is 0 Å². The summed E-state index contributed by atoms with van der Waals surface area (Å²) >= 11 is 0. The average Bonchev–Trinajstić information content (AvgIpc) is 1.61. The van der Waals surface area contributed by atoms with Crippen LogP contribution in [-0.4, -0.2) is 6.29 Å². The monoisotopic (exact) mass is 81.0 g/mol. The van der Waals surface area contributed by atoms with Crippen molar-refractivity contribution in [3.63, 3.8) is 0 Å². The van der Waals surface area contributed by atoms with Crippen molar-refractivity contribution in [1.29, 1.82) is 0 Å². The van der Waals surface area contributed by atoms with E-state index in [1.165, 1.54) is 18.2 Å². The Hall–Kier alpha value is -0.850. The molecule has 0 spiro atoms. The quantitative estimate of drug-likeness (QED) is 0.355. The second-order valence-electron chi connectivity index (χ2n) is 0.713. The first-order valence-electron chi connectivity index (χ1n) is 1.57. The molecule has 0 amide bonds. The Kier molecular flexibility index (Phi) is 3.56. The van der Waals surface area contributed by atoms with Gasteiger partial charge in [-0.1, -0.05) is 18.7 Å². The van der Waals surface area contributed by atoms with Crippen molar-refractivity contribution >= 4 is 6.29 Å². The van der Waals surface area contributed by atoms with E-state index in [1.54, 1.807) is 6.29 Å². The molecule has 0 fully saturated rings. The van der Waals surface area contributed by atoms with Gasteiger partial charge in [-0.3, -0.25) is 4.79 Å². The molecule has 0 rings (SSSR count). The Balaban J connectivity index is 3.17. The Morgan fingerprint density at radius 3 is 2.50 bits per heavy atom. The highest BCUT2D eigenvalue weighted by Crippen LogP contribution is 1.63. The molecule has 0 heterocycles. The highest BCUT2D eigenvalue weighted by molar-refractivity contribution is 5.65. The minimum atomic E-state index is 1.26. The second kappa shape index (κ2) is 4.15. The zero-order chi connectivity index (χ0) is 4.83. The van der Waals surface area contributed by atoms with Gasteiger partial charge in [0.05, 0.1) is 0 Å². The van der Waals surface area contributed by atoms with Gasteiger partial charge in [0, 0.05) is 0 Å². The van der Waals surface area contributed by atoms with Crippen molar-refractivity contribution in [1.82, 2.24) is 0 Å². The Morgan fingerprint density at radius 1 is 1.67 bits per heavy atom. The Bertz CT molecular complexity index is 62.0. The van der Waals surface area contributed by atoms with E-state index in [0.29, 0.717) is 0 Å². The summed E-state index contributed by atoms with van der Waals surface area (Å²) in [5.41, 5.74) is 0. The molecular formula is C5H5O.